The normalized spacial score (nSPS) is 10.7. The zero-order chi connectivity index (χ0) is 13.3. The summed E-state index contributed by atoms with van der Waals surface area (Å²) in [5.74, 6) is 0.858. The first-order chi connectivity index (χ1) is 8.52. The van der Waals surface area contributed by atoms with Gasteiger partial charge in [-0.3, -0.25) is 0 Å². The first kappa shape index (κ1) is 13.0. The van der Waals surface area contributed by atoms with Crippen LogP contribution in [0.2, 0.25) is 0 Å². The summed E-state index contributed by atoms with van der Waals surface area (Å²) in [6.45, 7) is 6.81. The predicted molar refractivity (Wildman–Crippen MR) is 79.2 cm³/mol. The third kappa shape index (κ3) is 2.36. The Morgan fingerprint density at radius 2 is 2.11 bits per heavy atom. The summed E-state index contributed by atoms with van der Waals surface area (Å²) in [6.07, 6.45) is 0. The molecule has 3 N–H and O–H groups in total. The molecule has 0 spiro atoms. The van der Waals surface area contributed by atoms with Crippen LogP contribution >= 0.6 is 15.9 Å². The first-order valence-electron chi connectivity index (χ1n) is 5.89. The molecule has 5 heteroatoms. The summed E-state index contributed by atoms with van der Waals surface area (Å²) in [6, 6.07) is 6.11. The van der Waals surface area contributed by atoms with E-state index in [2.05, 4.69) is 39.3 Å². The Kier molecular flexibility index (Phi) is 3.61. The highest BCUT2D eigenvalue weighted by Crippen LogP contribution is 2.28. The molecule has 0 aliphatic heterocycles. The van der Waals surface area contributed by atoms with Crippen LogP contribution in [-0.4, -0.2) is 9.78 Å². The van der Waals surface area contributed by atoms with Crippen LogP contribution in [0.4, 0.5) is 17.2 Å². The molecule has 1 heterocycles. The van der Waals surface area contributed by atoms with Crippen molar-refractivity contribution in [3.8, 4) is 0 Å². The minimum atomic E-state index is 0.706. The lowest BCUT2D eigenvalue weighted by molar-refractivity contribution is 0.661. The van der Waals surface area contributed by atoms with Crippen molar-refractivity contribution < 1.29 is 0 Å². The maximum Gasteiger partial charge on any atom is 0.152 e. The number of nitrogens with one attached hydrogen (secondary N) is 1. The molecular formula is C13H17BrN4. The van der Waals surface area contributed by atoms with E-state index in [1.165, 1.54) is 5.56 Å². The number of hydrogen-bond acceptors (Lipinski definition) is 3. The highest BCUT2D eigenvalue weighted by molar-refractivity contribution is 9.10. The molecule has 0 amide bonds. The summed E-state index contributed by atoms with van der Waals surface area (Å²) in [7, 11) is 0. The molecule has 0 fully saturated rings. The Hall–Kier alpha value is -1.49. The Bertz CT molecular complexity index is 575. The summed E-state index contributed by atoms with van der Waals surface area (Å²) in [5, 5.41) is 7.72. The Morgan fingerprint density at radius 1 is 1.39 bits per heavy atom. The van der Waals surface area contributed by atoms with Crippen LogP contribution < -0.4 is 11.1 Å². The second kappa shape index (κ2) is 5.02. The van der Waals surface area contributed by atoms with E-state index >= 15 is 0 Å². The van der Waals surface area contributed by atoms with Crippen LogP contribution in [0.1, 0.15) is 18.2 Å². The van der Waals surface area contributed by atoms with E-state index in [-0.39, 0.29) is 0 Å². The van der Waals surface area contributed by atoms with E-state index in [0.717, 1.165) is 28.2 Å². The second-order valence-corrected chi connectivity index (χ2v) is 5.11. The lowest BCUT2D eigenvalue weighted by Gasteiger charge is -2.10. The number of benzene rings is 1. The van der Waals surface area contributed by atoms with Gasteiger partial charge < -0.3 is 11.1 Å². The maximum atomic E-state index is 6.04. The Balaban J connectivity index is 2.36. The van der Waals surface area contributed by atoms with Crippen LogP contribution in [0.15, 0.2) is 22.7 Å². The predicted octanol–water partition coefficient (Wildman–Crippen LogP) is 3.61. The van der Waals surface area contributed by atoms with E-state index in [9.17, 15) is 0 Å². The van der Waals surface area contributed by atoms with Gasteiger partial charge in [0.05, 0.1) is 11.4 Å². The number of rotatable bonds is 3. The van der Waals surface area contributed by atoms with Gasteiger partial charge in [0.2, 0.25) is 0 Å². The van der Waals surface area contributed by atoms with Crippen LogP contribution in [0.3, 0.4) is 0 Å². The molecule has 96 valence electrons. The van der Waals surface area contributed by atoms with Gasteiger partial charge in [0.15, 0.2) is 5.82 Å². The van der Waals surface area contributed by atoms with Crippen LogP contribution in [0, 0.1) is 13.8 Å². The molecule has 0 aliphatic rings. The van der Waals surface area contributed by atoms with Gasteiger partial charge in [-0.25, -0.2) is 4.68 Å². The van der Waals surface area contributed by atoms with Crippen LogP contribution in [-0.2, 0) is 6.54 Å². The number of anilines is 3. The molecule has 4 nitrogen and oxygen atoms in total. The van der Waals surface area contributed by atoms with Crippen molar-refractivity contribution in [2.45, 2.75) is 27.3 Å². The van der Waals surface area contributed by atoms with Crippen molar-refractivity contribution in [2.75, 3.05) is 11.1 Å². The molecule has 0 radical (unpaired) electrons. The van der Waals surface area contributed by atoms with Crippen molar-refractivity contribution in [3.05, 3.63) is 33.9 Å². The first-order valence-corrected chi connectivity index (χ1v) is 6.68. The largest absolute Gasteiger partial charge is 0.394 e. The summed E-state index contributed by atoms with van der Waals surface area (Å²) >= 11 is 3.49. The van der Waals surface area contributed by atoms with Crippen LogP contribution in [0.25, 0.3) is 0 Å². The summed E-state index contributed by atoms with van der Waals surface area (Å²) in [5.41, 5.74) is 9.79. The zero-order valence-corrected chi connectivity index (χ0v) is 12.4. The molecule has 0 aliphatic carbocycles. The maximum absolute atomic E-state index is 6.04. The molecule has 1 aromatic heterocycles. The third-order valence-corrected chi connectivity index (χ3v) is 3.78. The number of hydrogen-bond donors (Lipinski definition) is 2. The van der Waals surface area contributed by atoms with Crippen LogP contribution in [0.5, 0.6) is 0 Å². The van der Waals surface area contributed by atoms with Crippen molar-refractivity contribution in [2.24, 2.45) is 0 Å². The van der Waals surface area contributed by atoms with E-state index in [1.807, 2.05) is 30.7 Å². The molecule has 2 aromatic rings. The Labute approximate surface area is 115 Å². The molecule has 0 saturated heterocycles. The van der Waals surface area contributed by atoms with Crippen molar-refractivity contribution >= 4 is 33.1 Å². The highest BCUT2D eigenvalue weighted by Gasteiger charge is 2.11. The van der Waals surface area contributed by atoms with Gasteiger partial charge in [-0.1, -0.05) is 15.9 Å². The number of aryl methyl sites for hydroxylation is 3. The van der Waals surface area contributed by atoms with Gasteiger partial charge in [-0.15, -0.1) is 0 Å². The SMILES string of the molecule is CCn1nc(C)c(N)c1Nc1ccc(Br)c(C)c1. The lowest BCUT2D eigenvalue weighted by Crippen LogP contribution is -2.04. The van der Waals surface area contributed by atoms with E-state index in [1.54, 1.807) is 0 Å². The number of halogens is 1. The number of aromatic nitrogens is 2. The molecule has 0 saturated carbocycles. The van der Waals surface area contributed by atoms with E-state index in [4.69, 9.17) is 5.73 Å². The summed E-state index contributed by atoms with van der Waals surface area (Å²) < 4.78 is 2.98. The van der Waals surface area contributed by atoms with Gasteiger partial charge in [0.25, 0.3) is 0 Å². The number of nitrogen functional groups attached to an aromatic ring is 1. The zero-order valence-electron chi connectivity index (χ0n) is 10.8. The molecule has 18 heavy (non-hydrogen) atoms. The number of nitrogens with two attached hydrogens (primary N) is 1. The minimum Gasteiger partial charge on any atom is -0.394 e. The molecular weight excluding hydrogens is 292 g/mol. The average Bonchev–Trinajstić information content (AvgIpc) is 2.61. The molecule has 2 rings (SSSR count). The second-order valence-electron chi connectivity index (χ2n) is 4.25. The van der Waals surface area contributed by atoms with Crippen molar-refractivity contribution in [1.82, 2.24) is 9.78 Å². The lowest BCUT2D eigenvalue weighted by atomic mass is 10.2. The topological polar surface area (TPSA) is 55.9 Å². The monoisotopic (exact) mass is 308 g/mol. The van der Waals surface area contributed by atoms with Gasteiger partial charge in [0, 0.05) is 16.7 Å². The standard InChI is InChI=1S/C13H17BrN4/c1-4-18-13(12(15)9(3)17-18)16-10-5-6-11(14)8(2)7-10/h5-7,16H,4,15H2,1-3H3. The van der Waals surface area contributed by atoms with E-state index < -0.39 is 0 Å². The van der Waals surface area contributed by atoms with Crippen molar-refractivity contribution in [3.63, 3.8) is 0 Å². The minimum absolute atomic E-state index is 0.706. The van der Waals surface area contributed by atoms with Crippen molar-refractivity contribution in [1.29, 1.82) is 0 Å². The number of nitrogens with zero attached hydrogens (tertiary/aromatic N) is 2. The average molecular weight is 309 g/mol. The quantitative estimate of drug-likeness (QED) is 0.910. The fraction of sp³-hybridized carbons (Fsp3) is 0.308. The smallest absolute Gasteiger partial charge is 0.152 e. The fourth-order valence-corrected chi connectivity index (χ4v) is 2.06. The molecule has 0 atom stereocenters. The van der Waals surface area contributed by atoms with Gasteiger partial charge in [-0.05, 0) is 44.5 Å². The third-order valence-electron chi connectivity index (χ3n) is 2.89. The Morgan fingerprint density at radius 3 is 2.72 bits per heavy atom. The molecule has 0 bridgehead atoms. The van der Waals surface area contributed by atoms with Gasteiger partial charge in [-0.2, -0.15) is 5.10 Å². The van der Waals surface area contributed by atoms with E-state index in [0.29, 0.717) is 5.69 Å². The molecule has 1 aromatic carbocycles. The summed E-state index contributed by atoms with van der Waals surface area (Å²) in [4.78, 5) is 0. The fourth-order valence-electron chi connectivity index (χ4n) is 1.82. The van der Waals surface area contributed by atoms with Gasteiger partial charge in [0.1, 0.15) is 0 Å². The molecule has 0 unspecified atom stereocenters. The van der Waals surface area contributed by atoms with Gasteiger partial charge >= 0.3 is 0 Å². The highest BCUT2D eigenvalue weighted by atomic mass is 79.9.